The molecule has 1 amide bonds. The maximum atomic E-state index is 12.8. The summed E-state index contributed by atoms with van der Waals surface area (Å²) in [6.07, 6.45) is -4.22. The predicted octanol–water partition coefficient (Wildman–Crippen LogP) is 4.48. The molecular formula is C17H19F3N2O2. The highest BCUT2D eigenvalue weighted by atomic mass is 19.4. The standard InChI is InChI=1S/C17H19F3N2O2/c1-16(2,3)24-15(23)22-7-6-13-12(9-22)11-5-4-10(17(18,19)20)8-14(11)21-13/h4-5,8,21H,6-7,9H2,1-3H3. The van der Waals surface area contributed by atoms with E-state index in [4.69, 9.17) is 4.74 Å². The van der Waals surface area contributed by atoms with E-state index in [9.17, 15) is 18.0 Å². The second-order valence-corrected chi connectivity index (χ2v) is 6.99. The van der Waals surface area contributed by atoms with Crippen LogP contribution < -0.4 is 0 Å². The van der Waals surface area contributed by atoms with Gasteiger partial charge in [-0.25, -0.2) is 4.79 Å². The Morgan fingerprint density at radius 2 is 1.96 bits per heavy atom. The number of ether oxygens (including phenoxy) is 1. The smallest absolute Gasteiger partial charge is 0.416 e. The minimum absolute atomic E-state index is 0.329. The maximum absolute atomic E-state index is 12.8. The molecule has 3 rings (SSSR count). The molecule has 1 N–H and O–H groups in total. The van der Waals surface area contributed by atoms with Crippen LogP contribution in [0.1, 0.15) is 37.6 Å². The fourth-order valence-corrected chi connectivity index (χ4v) is 2.88. The maximum Gasteiger partial charge on any atom is 0.416 e. The third-order valence-corrected chi connectivity index (χ3v) is 3.95. The average Bonchev–Trinajstić information content (AvgIpc) is 2.81. The van der Waals surface area contributed by atoms with E-state index in [2.05, 4.69) is 4.98 Å². The predicted molar refractivity (Wildman–Crippen MR) is 83.6 cm³/mol. The highest BCUT2D eigenvalue weighted by molar-refractivity contribution is 5.86. The van der Waals surface area contributed by atoms with E-state index in [-0.39, 0.29) is 0 Å². The fraction of sp³-hybridized carbons (Fsp3) is 0.471. The summed E-state index contributed by atoms with van der Waals surface area (Å²) in [5.74, 6) is 0. The van der Waals surface area contributed by atoms with Crippen molar-refractivity contribution < 1.29 is 22.7 Å². The van der Waals surface area contributed by atoms with Crippen LogP contribution in [-0.4, -0.2) is 28.1 Å². The van der Waals surface area contributed by atoms with Gasteiger partial charge >= 0.3 is 12.3 Å². The molecule has 0 radical (unpaired) electrons. The molecule has 4 nitrogen and oxygen atoms in total. The van der Waals surface area contributed by atoms with Gasteiger partial charge in [0.2, 0.25) is 0 Å². The van der Waals surface area contributed by atoms with Crippen LogP contribution in [0.5, 0.6) is 0 Å². The Bertz CT molecular complexity index is 787. The number of aromatic nitrogens is 1. The molecule has 2 aromatic rings. The minimum Gasteiger partial charge on any atom is -0.444 e. The van der Waals surface area contributed by atoms with Crippen LogP contribution in [0.25, 0.3) is 10.9 Å². The van der Waals surface area contributed by atoms with Crippen molar-refractivity contribution in [3.63, 3.8) is 0 Å². The molecule has 1 aliphatic rings. The van der Waals surface area contributed by atoms with E-state index in [1.807, 2.05) is 0 Å². The number of rotatable bonds is 0. The zero-order chi connectivity index (χ0) is 17.7. The quantitative estimate of drug-likeness (QED) is 0.768. The van der Waals surface area contributed by atoms with Crippen LogP contribution in [0, 0.1) is 0 Å². The third kappa shape index (κ3) is 3.20. The molecule has 0 fully saturated rings. The van der Waals surface area contributed by atoms with Gasteiger partial charge in [0, 0.05) is 35.1 Å². The van der Waals surface area contributed by atoms with Crippen LogP contribution >= 0.6 is 0 Å². The summed E-state index contributed by atoms with van der Waals surface area (Å²) < 4.78 is 43.9. The molecule has 0 spiro atoms. The zero-order valence-electron chi connectivity index (χ0n) is 13.8. The van der Waals surface area contributed by atoms with E-state index < -0.39 is 23.4 Å². The summed E-state index contributed by atoms with van der Waals surface area (Å²) >= 11 is 0. The Labute approximate surface area is 137 Å². The van der Waals surface area contributed by atoms with Crippen molar-refractivity contribution in [2.24, 2.45) is 0 Å². The number of carbonyl (C=O) groups excluding carboxylic acids is 1. The van der Waals surface area contributed by atoms with Gasteiger partial charge in [0.05, 0.1) is 12.1 Å². The Morgan fingerprint density at radius 3 is 2.58 bits per heavy atom. The molecule has 1 aromatic heterocycles. The first-order valence-electron chi connectivity index (χ1n) is 7.73. The SMILES string of the molecule is CC(C)(C)OC(=O)N1CCc2[nH]c3cc(C(F)(F)F)ccc3c2C1. The average molecular weight is 340 g/mol. The Kier molecular flexibility index (Phi) is 3.77. The Hall–Kier alpha value is -2.18. The van der Waals surface area contributed by atoms with Crippen LogP contribution in [0.2, 0.25) is 0 Å². The van der Waals surface area contributed by atoms with E-state index in [0.717, 1.165) is 23.4 Å². The van der Waals surface area contributed by atoms with Crippen molar-refractivity contribution in [2.45, 2.75) is 45.5 Å². The van der Waals surface area contributed by atoms with Crippen molar-refractivity contribution in [1.82, 2.24) is 9.88 Å². The van der Waals surface area contributed by atoms with Gasteiger partial charge in [-0.3, -0.25) is 0 Å². The number of nitrogens with one attached hydrogen (secondary N) is 1. The van der Waals surface area contributed by atoms with Gasteiger partial charge in [-0.2, -0.15) is 13.2 Å². The number of fused-ring (bicyclic) bond motifs is 3. The number of amides is 1. The number of carbonyl (C=O) groups is 1. The molecule has 2 heterocycles. The number of nitrogens with zero attached hydrogens (tertiary/aromatic N) is 1. The molecule has 0 saturated carbocycles. The van der Waals surface area contributed by atoms with E-state index in [1.54, 1.807) is 25.7 Å². The number of alkyl halides is 3. The third-order valence-electron chi connectivity index (χ3n) is 3.95. The molecule has 0 bridgehead atoms. The summed E-state index contributed by atoms with van der Waals surface area (Å²) in [6.45, 7) is 6.19. The molecule has 0 saturated heterocycles. The lowest BCUT2D eigenvalue weighted by molar-refractivity contribution is -0.137. The lowest BCUT2D eigenvalue weighted by Crippen LogP contribution is -2.39. The monoisotopic (exact) mass is 340 g/mol. The van der Waals surface area contributed by atoms with Gasteiger partial charge in [-0.05, 0) is 32.9 Å². The van der Waals surface area contributed by atoms with E-state index in [0.29, 0.717) is 30.4 Å². The summed E-state index contributed by atoms with van der Waals surface area (Å²) in [4.78, 5) is 16.9. The lowest BCUT2D eigenvalue weighted by atomic mass is 10.0. The number of aromatic amines is 1. The molecule has 24 heavy (non-hydrogen) atoms. The second-order valence-electron chi connectivity index (χ2n) is 6.99. The number of halogens is 3. The molecule has 0 aliphatic carbocycles. The first-order valence-corrected chi connectivity index (χ1v) is 7.73. The van der Waals surface area contributed by atoms with Crippen LogP contribution in [0.4, 0.5) is 18.0 Å². The van der Waals surface area contributed by atoms with E-state index >= 15 is 0 Å². The number of H-pyrrole nitrogens is 1. The van der Waals surface area contributed by atoms with Gasteiger partial charge in [-0.15, -0.1) is 0 Å². The van der Waals surface area contributed by atoms with Gasteiger partial charge in [0.25, 0.3) is 0 Å². The molecule has 1 aromatic carbocycles. The zero-order valence-corrected chi connectivity index (χ0v) is 13.8. The van der Waals surface area contributed by atoms with Crippen molar-refractivity contribution >= 4 is 17.0 Å². The summed E-state index contributed by atoms with van der Waals surface area (Å²) in [7, 11) is 0. The minimum atomic E-state index is -4.37. The van der Waals surface area contributed by atoms with Crippen LogP contribution in [0.15, 0.2) is 18.2 Å². The normalized spacial score (nSPS) is 15.5. The molecular weight excluding hydrogens is 321 g/mol. The summed E-state index contributed by atoms with van der Waals surface area (Å²) in [5, 5.41) is 0.714. The highest BCUT2D eigenvalue weighted by Crippen LogP contribution is 2.34. The van der Waals surface area contributed by atoms with Crippen molar-refractivity contribution in [1.29, 1.82) is 0 Å². The lowest BCUT2D eigenvalue weighted by Gasteiger charge is -2.30. The van der Waals surface area contributed by atoms with Crippen molar-refractivity contribution in [3.05, 3.63) is 35.0 Å². The molecule has 1 aliphatic heterocycles. The number of hydrogen-bond acceptors (Lipinski definition) is 2. The summed E-state index contributed by atoms with van der Waals surface area (Å²) in [6, 6.07) is 3.65. The first-order chi connectivity index (χ1) is 11.0. The Morgan fingerprint density at radius 1 is 1.25 bits per heavy atom. The topological polar surface area (TPSA) is 45.3 Å². The van der Waals surface area contributed by atoms with Crippen LogP contribution in [0.3, 0.4) is 0 Å². The molecule has 130 valence electrons. The van der Waals surface area contributed by atoms with E-state index in [1.165, 1.54) is 6.07 Å². The number of hydrogen-bond donors (Lipinski definition) is 1. The summed E-state index contributed by atoms with van der Waals surface area (Å²) in [5.41, 5.74) is 0.914. The van der Waals surface area contributed by atoms with Crippen molar-refractivity contribution in [3.8, 4) is 0 Å². The molecule has 7 heteroatoms. The highest BCUT2D eigenvalue weighted by Gasteiger charge is 2.32. The first kappa shape index (κ1) is 16.7. The second kappa shape index (κ2) is 5.43. The van der Waals surface area contributed by atoms with Gasteiger partial charge in [-0.1, -0.05) is 6.07 Å². The van der Waals surface area contributed by atoms with Crippen molar-refractivity contribution in [2.75, 3.05) is 6.54 Å². The molecule has 0 atom stereocenters. The largest absolute Gasteiger partial charge is 0.444 e. The fourth-order valence-electron chi connectivity index (χ4n) is 2.88. The van der Waals surface area contributed by atoms with Crippen LogP contribution in [-0.2, 0) is 23.9 Å². The van der Waals surface area contributed by atoms with Gasteiger partial charge in [0.15, 0.2) is 0 Å². The Balaban J connectivity index is 1.90. The molecule has 0 unspecified atom stereocenters. The van der Waals surface area contributed by atoms with Gasteiger partial charge < -0.3 is 14.6 Å². The van der Waals surface area contributed by atoms with Gasteiger partial charge in [0.1, 0.15) is 5.60 Å². The number of benzene rings is 1.